The fourth-order valence-electron chi connectivity index (χ4n) is 3.49. The second-order valence-corrected chi connectivity index (χ2v) is 10.1. The quantitative estimate of drug-likeness (QED) is 0.285. The number of hydrogen-bond acceptors (Lipinski definition) is 6. The summed E-state index contributed by atoms with van der Waals surface area (Å²) >= 11 is 6.03. The van der Waals surface area contributed by atoms with E-state index in [-0.39, 0.29) is 22.7 Å². The topological polar surface area (TPSA) is 112 Å². The molecule has 0 bridgehead atoms. The fourth-order valence-corrected chi connectivity index (χ4v) is 4.25. The first-order chi connectivity index (χ1) is 16.1. The summed E-state index contributed by atoms with van der Waals surface area (Å²) in [6.07, 6.45) is 2.67. The van der Waals surface area contributed by atoms with Crippen molar-refractivity contribution in [3.05, 3.63) is 110 Å². The van der Waals surface area contributed by atoms with Crippen molar-refractivity contribution in [1.82, 2.24) is 9.78 Å². The van der Waals surface area contributed by atoms with Gasteiger partial charge in [0.05, 0.1) is 28.1 Å². The van der Waals surface area contributed by atoms with Gasteiger partial charge in [0.1, 0.15) is 0 Å². The number of sulfone groups is 1. The molecule has 0 fully saturated rings. The molecule has 34 heavy (non-hydrogen) atoms. The molecular weight excluding hydrogens is 478 g/mol. The standard InChI is InChI=1S/C24H18ClN3O5S/c1-34(32,33)21-12-6-17(7-13-21)22-14-26-27(15-16-2-10-20(11-3-16)28(30)31)24(29)23(22)18-4-8-19(25)9-5-18/h2-14H,15H2,1H3. The number of aromatic nitrogens is 2. The zero-order chi connectivity index (χ0) is 24.5. The molecule has 3 aromatic carbocycles. The normalized spacial score (nSPS) is 11.4. The molecule has 0 amide bonds. The monoisotopic (exact) mass is 495 g/mol. The van der Waals surface area contributed by atoms with Crippen LogP contribution < -0.4 is 5.56 Å². The van der Waals surface area contributed by atoms with E-state index in [4.69, 9.17) is 11.6 Å². The van der Waals surface area contributed by atoms with Gasteiger partial charge in [-0.2, -0.15) is 5.10 Å². The van der Waals surface area contributed by atoms with E-state index >= 15 is 0 Å². The summed E-state index contributed by atoms with van der Waals surface area (Å²) in [4.78, 5) is 24.1. The molecule has 4 aromatic rings. The van der Waals surface area contributed by atoms with Gasteiger partial charge >= 0.3 is 0 Å². The molecule has 1 heterocycles. The molecule has 172 valence electrons. The minimum absolute atomic E-state index is 0.0428. The molecule has 0 aliphatic rings. The number of non-ortho nitro benzene ring substituents is 1. The summed E-state index contributed by atoms with van der Waals surface area (Å²) < 4.78 is 24.9. The maximum Gasteiger partial charge on any atom is 0.275 e. The highest BCUT2D eigenvalue weighted by molar-refractivity contribution is 7.90. The predicted octanol–water partition coefficient (Wildman–Crippen LogP) is 4.59. The predicted molar refractivity (Wildman–Crippen MR) is 130 cm³/mol. The smallest absolute Gasteiger partial charge is 0.267 e. The van der Waals surface area contributed by atoms with Crippen molar-refractivity contribution in [2.24, 2.45) is 0 Å². The molecular formula is C24H18ClN3O5S. The van der Waals surface area contributed by atoms with Crippen molar-refractivity contribution in [2.75, 3.05) is 6.26 Å². The van der Waals surface area contributed by atoms with Gasteiger partial charge in [-0.05, 0) is 41.0 Å². The lowest BCUT2D eigenvalue weighted by atomic mass is 9.97. The molecule has 0 saturated heterocycles. The van der Waals surface area contributed by atoms with Crippen molar-refractivity contribution < 1.29 is 13.3 Å². The maximum atomic E-state index is 13.5. The molecule has 1 aromatic heterocycles. The Kier molecular flexibility index (Phi) is 6.32. The first-order valence-electron chi connectivity index (χ1n) is 10.0. The van der Waals surface area contributed by atoms with Crippen LogP contribution in [0.1, 0.15) is 5.56 Å². The number of hydrogen-bond donors (Lipinski definition) is 0. The second kappa shape index (κ2) is 9.20. The Morgan fingerprint density at radius 1 is 0.941 bits per heavy atom. The zero-order valence-corrected chi connectivity index (χ0v) is 19.5. The van der Waals surface area contributed by atoms with Crippen LogP contribution >= 0.6 is 11.6 Å². The Morgan fingerprint density at radius 2 is 1.53 bits per heavy atom. The van der Waals surface area contributed by atoms with Gasteiger partial charge in [0, 0.05) is 29.0 Å². The maximum absolute atomic E-state index is 13.5. The van der Waals surface area contributed by atoms with Gasteiger partial charge in [0.2, 0.25) is 0 Å². The van der Waals surface area contributed by atoms with Crippen LogP contribution in [0.25, 0.3) is 22.3 Å². The summed E-state index contributed by atoms with van der Waals surface area (Å²) in [5.41, 5.74) is 2.42. The van der Waals surface area contributed by atoms with E-state index in [1.54, 1.807) is 54.7 Å². The average molecular weight is 496 g/mol. The van der Waals surface area contributed by atoms with E-state index in [1.807, 2.05) is 0 Å². The second-order valence-electron chi connectivity index (χ2n) is 7.62. The zero-order valence-electron chi connectivity index (χ0n) is 17.9. The van der Waals surface area contributed by atoms with Gasteiger partial charge in [0.15, 0.2) is 9.84 Å². The van der Waals surface area contributed by atoms with Crippen LogP contribution in [0.5, 0.6) is 0 Å². The summed E-state index contributed by atoms with van der Waals surface area (Å²) in [5.74, 6) is 0. The molecule has 0 N–H and O–H groups in total. The number of nitro benzene ring substituents is 1. The molecule has 10 heteroatoms. The van der Waals surface area contributed by atoms with Gasteiger partial charge in [-0.1, -0.05) is 48.0 Å². The average Bonchev–Trinajstić information content (AvgIpc) is 2.81. The Hall–Kier alpha value is -3.82. The number of benzene rings is 3. The van der Waals surface area contributed by atoms with Crippen LogP contribution in [-0.4, -0.2) is 29.4 Å². The van der Waals surface area contributed by atoms with Gasteiger partial charge in [-0.25, -0.2) is 13.1 Å². The van der Waals surface area contributed by atoms with Crippen molar-refractivity contribution in [3.63, 3.8) is 0 Å². The largest absolute Gasteiger partial charge is 0.275 e. The van der Waals surface area contributed by atoms with E-state index < -0.39 is 14.8 Å². The van der Waals surface area contributed by atoms with Crippen LogP contribution in [0.15, 0.2) is 88.7 Å². The van der Waals surface area contributed by atoms with Crippen molar-refractivity contribution >= 4 is 27.1 Å². The third kappa shape index (κ3) is 4.90. The van der Waals surface area contributed by atoms with E-state index in [9.17, 15) is 23.3 Å². The number of nitrogens with zero attached hydrogens (tertiary/aromatic N) is 3. The molecule has 8 nitrogen and oxygen atoms in total. The minimum Gasteiger partial charge on any atom is -0.267 e. The molecule has 0 saturated carbocycles. The number of nitro groups is 1. The SMILES string of the molecule is CS(=O)(=O)c1ccc(-c2cnn(Cc3ccc([N+](=O)[O-])cc3)c(=O)c2-c2ccc(Cl)cc2)cc1. The fraction of sp³-hybridized carbons (Fsp3) is 0.0833. The number of halogens is 1. The van der Waals surface area contributed by atoms with Gasteiger partial charge in [0.25, 0.3) is 11.2 Å². The first-order valence-corrected chi connectivity index (χ1v) is 12.3. The lowest BCUT2D eigenvalue weighted by molar-refractivity contribution is -0.384. The van der Waals surface area contributed by atoms with E-state index in [1.165, 1.54) is 28.9 Å². The Bertz CT molecular complexity index is 1530. The molecule has 0 spiro atoms. The van der Waals surface area contributed by atoms with Crippen molar-refractivity contribution in [1.29, 1.82) is 0 Å². The molecule has 4 rings (SSSR count). The highest BCUT2D eigenvalue weighted by Crippen LogP contribution is 2.30. The van der Waals surface area contributed by atoms with E-state index in [0.29, 0.717) is 32.8 Å². The van der Waals surface area contributed by atoms with Crippen LogP contribution in [-0.2, 0) is 16.4 Å². The molecule has 0 aliphatic heterocycles. The molecule has 0 radical (unpaired) electrons. The van der Waals surface area contributed by atoms with Crippen LogP contribution in [0.3, 0.4) is 0 Å². The summed E-state index contributed by atoms with van der Waals surface area (Å²) in [5, 5.41) is 15.7. The van der Waals surface area contributed by atoms with Crippen LogP contribution in [0.2, 0.25) is 5.02 Å². The third-order valence-electron chi connectivity index (χ3n) is 5.25. The third-order valence-corrected chi connectivity index (χ3v) is 6.63. The minimum atomic E-state index is -3.37. The molecule has 0 aliphatic carbocycles. The van der Waals surface area contributed by atoms with Crippen LogP contribution in [0, 0.1) is 10.1 Å². The molecule has 0 atom stereocenters. The van der Waals surface area contributed by atoms with Gasteiger partial charge in [-0.3, -0.25) is 14.9 Å². The first kappa shape index (κ1) is 23.3. The number of rotatable bonds is 6. The van der Waals surface area contributed by atoms with E-state index in [0.717, 1.165) is 6.26 Å². The lowest BCUT2D eigenvalue weighted by Crippen LogP contribution is -2.25. The van der Waals surface area contributed by atoms with Crippen LogP contribution in [0.4, 0.5) is 5.69 Å². The highest BCUT2D eigenvalue weighted by Gasteiger charge is 2.17. The van der Waals surface area contributed by atoms with Gasteiger partial charge in [-0.15, -0.1) is 0 Å². The molecule has 0 unspecified atom stereocenters. The van der Waals surface area contributed by atoms with Crippen molar-refractivity contribution in [2.45, 2.75) is 11.4 Å². The highest BCUT2D eigenvalue weighted by atomic mass is 35.5. The van der Waals surface area contributed by atoms with E-state index in [2.05, 4.69) is 5.10 Å². The Labute approximate surface area is 200 Å². The van der Waals surface area contributed by atoms with Crippen molar-refractivity contribution in [3.8, 4) is 22.3 Å². The van der Waals surface area contributed by atoms with Gasteiger partial charge < -0.3 is 0 Å². The Balaban J connectivity index is 1.82. The summed E-state index contributed by atoms with van der Waals surface area (Å²) in [6, 6.07) is 18.9. The summed E-state index contributed by atoms with van der Waals surface area (Å²) in [6.45, 7) is 0.116. The Morgan fingerprint density at radius 3 is 2.09 bits per heavy atom. The summed E-state index contributed by atoms with van der Waals surface area (Å²) in [7, 11) is -3.37. The lowest BCUT2D eigenvalue weighted by Gasteiger charge is -2.13.